The zero-order chi connectivity index (χ0) is 105. The van der Waals surface area contributed by atoms with Gasteiger partial charge in [0.15, 0.2) is 0 Å². The Kier molecular flexibility index (Phi) is 70.3. The number of hydrogen-bond acceptors (Lipinski definition) is 31. The van der Waals surface area contributed by atoms with Gasteiger partial charge in [-0.1, -0.05) is 96.7 Å². The van der Waals surface area contributed by atoms with E-state index in [4.69, 9.17) is 61.9 Å². The molecule has 0 aromatic heterocycles. The fourth-order valence-electron chi connectivity index (χ4n) is 10.7. The van der Waals surface area contributed by atoms with E-state index in [1.807, 2.05) is 81.8 Å². The van der Waals surface area contributed by atoms with Crippen LogP contribution in [0.4, 0.5) is 45.5 Å². The summed E-state index contributed by atoms with van der Waals surface area (Å²) in [6, 6.07) is 58.2. The maximum absolute atomic E-state index is 11.9. The number of benzene rings is 8. The van der Waals surface area contributed by atoms with Crippen molar-refractivity contribution in [3.8, 4) is 29.1 Å². The fourth-order valence-corrected chi connectivity index (χ4v) is 16.9. The van der Waals surface area contributed by atoms with Gasteiger partial charge in [0.1, 0.15) is 49.4 Å². The first-order valence-electron chi connectivity index (χ1n) is 42.5. The predicted molar refractivity (Wildman–Crippen MR) is 576 cm³/mol. The van der Waals surface area contributed by atoms with E-state index in [9.17, 15) is 67.3 Å². The summed E-state index contributed by atoms with van der Waals surface area (Å²) < 4.78 is 220. The molecule has 0 saturated heterocycles. The van der Waals surface area contributed by atoms with Gasteiger partial charge < -0.3 is 59.8 Å². The van der Waals surface area contributed by atoms with Crippen LogP contribution in [-0.2, 0) is 105 Å². The SMILES string of the molecule is BrCCCCBr.CN(CCOc1ccc(NS(C)(=O)=O)cc1)CCc1ccc(N)cc1.CN(CCOc1ccc(NS(C)(=O)=O)cc1)CCc1ccc(NS(=O)(=O)CCN=[N+]=[N-])cc1.CN(CCOc1ccc(NS(C)(=O)=O)cc1)CCc1ccc(NS(C)(=O)=O)cc1.CNCCS(=O)(=O)Nc1ccc(CCN(C)CCOc2ccc(NS(C)(=O)=O)cc2)cc1.CO.N#C[CH-]O.[B].[HH].[N-]=[N+]=NCCS(=O)(=O)Cl.[Na+]. The van der Waals surface area contributed by atoms with Gasteiger partial charge >= 0.3 is 29.6 Å². The van der Waals surface area contributed by atoms with E-state index in [0.29, 0.717) is 109 Å². The number of nitriles is 1. The van der Waals surface area contributed by atoms with Crippen LogP contribution in [0.25, 0.3) is 20.9 Å². The normalized spacial score (nSPS) is 11.1. The molecule has 8 rings (SSSR count). The van der Waals surface area contributed by atoms with Crippen LogP contribution in [-0.4, -0.2) is 306 Å². The predicted octanol–water partition coefficient (Wildman–Crippen LogP) is 8.36. The van der Waals surface area contributed by atoms with Gasteiger partial charge in [-0.25, -0.2) is 72.6 Å². The van der Waals surface area contributed by atoms with E-state index < -0.39 is 79.2 Å². The van der Waals surface area contributed by atoms with Crippen LogP contribution >= 0.6 is 42.5 Å². The Morgan fingerprint density at radius 3 is 0.817 bits per heavy atom. The number of unbranched alkanes of at least 4 members (excludes halogenated alkanes) is 1. The largest absolute Gasteiger partial charge is 1.00 e. The van der Waals surface area contributed by atoms with Gasteiger partial charge in [0.05, 0.1) is 48.5 Å². The molecule has 55 heteroatoms. The Morgan fingerprint density at radius 1 is 0.401 bits per heavy atom. The quantitative estimate of drug-likeness (QED) is 0.00163. The van der Waals surface area contributed by atoms with Crippen molar-refractivity contribution < 1.29 is 127 Å². The van der Waals surface area contributed by atoms with Crippen molar-refractivity contribution in [2.75, 3.05) is 239 Å². The van der Waals surface area contributed by atoms with Crippen LogP contribution < -0.4 is 92.6 Å². The smallest absolute Gasteiger partial charge is 0.533 e. The van der Waals surface area contributed by atoms with E-state index >= 15 is 0 Å². The van der Waals surface area contributed by atoms with Crippen LogP contribution in [0.2, 0.25) is 0 Å². The van der Waals surface area contributed by atoms with E-state index in [0.717, 1.165) is 143 Å². The Hall–Kier alpha value is -9.03. The molecule has 0 aliphatic rings. The maximum atomic E-state index is 11.9. The van der Waals surface area contributed by atoms with Crippen molar-refractivity contribution in [3.63, 3.8) is 0 Å². The molecule has 0 aliphatic carbocycles. The first kappa shape index (κ1) is 135. The molecule has 0 unspecified atom stereocenters. The van der Waals surface area contributed by atoms with Gasteiger partial charge in [0.2, 0.25) is 79.2 Å². The van der Waals surface area contributed by atoms with E-state index in [1.165, 1.54) is 24.5 Å². The Balaban J connectivity index is -0.00000170. The summed E-state index contributed by atoms with van der Waals surface area (Å²) in [7, 11) is -11.3. The maximum Gasteiger partial charge on any atom is 1.00 e. The molecule has 0 spiro atoms. The van der Waals surface area contributed by atoms with Gasteiger partial charge in [-0.15, -0.1) is 0 Å². The van der Waals surface area contributed by atoms with Crippen LogP contribution in [0.5, 0.6) is 23.0 Å². The van der Waals surface area contributed by atoms with Crippen molar-refractivity contribution >= 4 is 176 Å². The van der Waals surface area contributed by atoms with Crippen LogP contribution in [0, 0.1) is 17.9 Å². The minimum Gasteiger partial charge on any atom is -0.533 e. The van der Waals surface area contributed by atoms with Crippen molar-refractivity contribution in [1.29, 1.82) is 5.26 Å². The molecule has 0 amide bonds. The molecule has 0 aliphatic heterocycles. The average molecular weight is 2300 g/mol. The zero-order valence-electron chi connectivity index (χ0n) is 81.5. The third kappa shape index (κ3) is 75.7. The minimum atomic E-state index is -3.56. The number of anilines is 8. The summed E-state index contributed by atoms with van der Waals surface area (Å²) in [4.78, 5) is 13.5. The number of sulfonamides is 7. The Morgan fingerprint density at radius 2 is 0.613 bits per heavy atom. The first-order chi connectivity index (χ1) is 65.8. The number of nitrogen functional groups attached to an aromatic ring is 1. The molecule has 42 nitrogen and oxygen atoms in total. The number of likely N-dealkylation sites (N-methyl/N-ethyl adjacent to an activating group) is 4. The summed E-state index contributed by atoms with van der Waals surface area (Å²) in [6.45, 7) is 9.01. The fraction of sp³-hybridized carbons (Fsp3) is 0.425. The first-order valence-corrected chi connectivity index (χ1v) is 60.0. The van der Waals surface area contributed by atoms with E-state index in [-0.39, 0.29) is 69.7 Å². The third-order valence-corrected chi connectivity index (χ3v) is 25.5. The summed E-state index contributed by atoms with van der Waals surface area (Å²) in [6.07, 6.45) is 11.5. The number of hydrogen-bond donors (Lipinski definition) is 11. The molecule has 3 radical (unpaired) electrons. The molecule has 0 heterocycles. The van der Waals surface area contributed by atoms with Crippen LogP contribution in [0.1, 0.15) is 36.5 Å². The topological polar surface area (TPSA) is 607 Å². The van der Waals surface area contributed by atoms with Gasteiger partial charge in [-0.2, -0.15) is 6.61 Å². The Labute approximate surface area is 885 Å². The second-order valence-electron chi connectivity index (χ2n) is 30.3. The summed E-state index contributed by atoms with van der Waals surface area (Å²) in [5.41, 5.74) is 30.5. The molecule has 0 fully saturated rings. The number of nitrogens with zero attached hydrogens (tertiary/aromatic N) is 11. The number of nitrogens with one attached hydrogen (secondary N) is 8. The molecule has 142 heavy (non-hydrogen) atoms. The van der Waals surface area contributed by atoms with E-state index in [1.54, 1.807) is 141 Å². The van der Waals surface area contributed by atoms with Crippen molar-refractivity contribution in [1.82, 2.24) is 24.9 Å². The van der Waals surface area contributed by atoms with E-state index in [2.05, 4.69) is 117 Å². The number of aliphatic hydroxyl groups excluding tert-OH is 2. The van der Waals surface area contributed by atoms with Crippen molar-refractivity contribution in [3.05, 3.63) is 244 Å². The second kappa shape index (κ2) is 73.9. The monoisotopic (exact) mass is 2290 g/mol. The van der Waals surface area contributed by atoms with Gasteiger partial charge in [0, 0.05) is 166 Å². The number of halogens is 3. The Bertz CT molecular complexity index is 6000. The number of rotatable bonds is 54. The summed E-state index contributed by atoms with van der Waals surface area (Å²) >= 11 is 6.66. The molecule has 8 aromatic carbocycles. The molecule has 0 saturated carbocycles. The molecule has 0 bridgehead atoms. The van der Waals surface area contributed by atoms with Crippen molar-refractivity contribution in [2.24, 2.45) is 10.2 Å². The average Bonchev–Trinajstić information content (AvgIpc) is 0.886. The number of nitrogens with two attached hydrogens (primary N) is 1. The number of ether oxygens (including phenoxy) is 4. The van der Waals surface area contributed by atoms with Crippen molar-refractivity contribution in [2.45, 2.75) is 38.5 Å². The second-order valence-corrected chi connectivity index (χ2v) is 47.3. The number of azide groups is 2. The number of alkyl halides is 2. The van der Waals surface area contributed by atoms with Gasteiger partial charge in [-0.05, 0) is 253 Å². The molecule has 0 atom stereocenters. The third-order valence-electron chi connectivity index (χ3n) is 17.6. The molecular weight excluding hydrogens is 2160 g/mol. The standard InChI is InChI=1S/C21H32N4O5S2.C20H28N6O5S2.C19H27N3O5S2.C18H25N3O3S.C4H8Br2.C2H4ClN3O2S.C2H2NO.CH4O.B.Na.H2/c1-22-13-17-32(28,29)24-20-6-4-18(5-7-20)12-14-25(2)15-16-30-21-10-8-19(9-11-21)23-31(3,26)27;1-26(14-15-31-20-9-7-18(8-10-20)23-32(2,27)28)13-11-17-3-5-19(6-4-17)24-33(29,30)16-12-22-25-21;1-22(13-12-16-4-6-17(7-5-16)20-28(2,23)24)14-15-27-19-10-8-18(9-11-19)21-29(3,25)26;1-21(12-11-15-3-5-16(19)6-4-15)13-14-24-18-9-7-17(8-10-18)20-25(2,22)23;5-3-1-2-4-6;3-9(7,8)2-1-5-6-4;3-1-2-4;1-2;;;/h4-11,22-24H,12-17H2,1-3H3;3-10,23-24H,11-16H2,1-2H3;4-11,20-21H,12-15H2,1-3H3;3-10,20H,11-14,19H2,1-2H3;1-4H2;1-2H2;2,4H;2H,1H3;;;1H/q;;;;;;-1;;;+1;. The molecule has 12 N–H and O–H groups in total. The molecule has 8 aromatic rings. The van der Waals surface area contributed by atoms with Gasteiger partial charge in [0.25, 0.3) is 0 Å². The summed E-state index contributed by atoms with van der Waals surface area (Å²) in [5.74, 6) is 2.16. The molecular formula is C87H132BBr2ClN20NaO22S8. The number of aliphatic hydroxyl groups is 2. The zero-order valence-corrected chi connectivity index (χ0v) is 93.9. The summed E-state index contributed by atoms with van der Waals surface area (Å²) in [5, 5.41) is 33.0. The van der Waals surface area contributed by atoms with Crippen LogP contribution in [0.3, 0.4) is 0 Å². The molecule has 785 valence electrons. The van der Waals surface area contributed by atoms with Gasteiger partial charge in [-0.3, -0.25) is 33.1 Å². The van der Waals surface area contributed by atoms with Crippen LogP contribution in [0.15, 0.2) is 204 Å². The minimum absolute atomic E-state index is 0.